The van der Waals surface area contributed by atoms with E-state index < -0.39 is 17.8 Å². The monoisotopic (exact) mass is 363 g/mol. The van der Waals surface area contributed by atoms with Crippen LogP contribution in [0.4, 0.5) is 4.39 Å². The molecule has 7 heteroatoms. The molecule has 0 unspecified atom stereocenters. The molecule has 1 aliphatic rings. The molecule has 1 N–H and O–H groups in total. The minimum absolute atomic E-state index is 0.00642. The Balaban J connectivity index is 1.66. The number of aliphatic carboxylic acids is 1. The summed E-state index contributed by atoms with van der Waals surface area (Å²) in [5, 5.41) is 9.61. The number of hydrogen-bond acceptors (Lipinski definition) is 4. The molecule has 0 radical (unpaired) electrons. The fraction of sp³-hybridized carbons (Fsp3) is 0.333. The molecule has 0 amide bonds. The molecule has 5 nitrogen and oxygen atoms in total. The van der Waals surface area contributed by atoms with E-state index in [0.717, 1.165) is 25.3 Å². The summed E-state index contributed by atoms with van der Waals surface area (Å²) >= 11 is 5.70. The van der Waals surface area contributed by atoms with Crippen LogP contribution in [0.1, 0.15) is 17.3 Å². The predicted octanol–water partition coefficient (Wildman–Crippen LogP) is 2.82. The first-order valence-electron chi connectivity index (χ1n) is 8.08. The molecule has 1 fully saturated rings. The highest BCUT2D eigenvalue weighted by Gasteiger charge is 2.30. The van der Waals surface area contributed by atoms with Gasteiger partial charge in [-0.2, -0.15) is 0 Å². The van der Waals surface area contributed by atoms with E-state index in [1.54, 1.807) is 12.3 Å². The zero-order valence-electron chi connectivity index (χ0n) is 13.6. The average Bonchev–Trinajstić information content (AvgIpc) is 2.60. The quantitative estimate of drug-likeness (QED) is 0.885. The summed E-state index contributed by atoms with van der Waals surface area (Å²) in [4.78, 5) is 20.2. The summed E-state index contributed by atoms with van der Waals surface area (Å²) in [6, 6.07) is 9.12. The number of carbonyl (C=O) groups is 1. The fourth-order valence-electron chi connectivity index (χ4n) is 3.09. The molecule has 0 bridgehead atoms. The van der Waals surface area contributed by atoms with Crippen molar-refractivity contribution in [2.45, 2.75) is 12.6 Å². The molecule has 132 valence electrons. The van der Waals surface area contributed by atoms with E-state index in [4.69, 9.17) is 11.6 Å². The van der Waals surface area contributed by atoms with Crippen LogP contribution in [0.15, 0.2) is 42.6 Å². The van der Waals surface area contributed by atoms with Gasteiger partial charge in [-0.3, -0.25) is 19.6 Å². The Morgan fingerprint density at radius 3 is 2.60 bits per heavy atom. The fourth-order valence-corrected chi connectivity index (χ4v) is 3.21. The van der Waals surface area contributed by atoms with Crippen LogP contribution in [0.5, 0.6) is 0 Å². The number of carboxylic acids is 1. The highest BCUT2D eigenvalue weighted by Crippen LogP contribution is 2.26. The molecule has 1 aromatic heterocycles. The van der Waals surface area contributed by atoms with Crippen molar-refractivity contribution in [3.8, 4) is 0 Å². The third-order valence-electron chi connectivity index (χ3n) is 4.38. The molecule has 0 saturated carbocycles. The number of benzene rings is 1. The second kappa shape index (κ2) is 7.91. The van der Waals surface area contributed by atoms with Crippen molar-refractivity contribution in [1.82, 2.24) is 14.8 Å². The van der Waals surface area contributed by atoms with Crippen molar-refractivity contribution in [3.05, 3.63) is 64.7 Å². The number of pyridine rings is 1. The largest absolute Gasteiger partial charge is 0.480 e. The van der Waals surface area contributed by atoms with E-state index in [1.807, 2.05) is 23.1 Å². The van der Waals surface area contributed by atoms with E-state index in [0.29, 0.717) is 18.7 Å². The molecular weight excluding hydrogens is 345 g/mol. The van der Waals surface area contributed by atoms with Crippen molar-refractivity contribution in [1.29, 1.82) is 0 Å². The van der Waals surface area contributed by atoms with Crippen LogP contribution in [0.2, 0.25) is 5.02 Å². The van der Waals surface area contributed by atoms with Gasteiger partial charge in [0.05, 0.1) is 10.7 Å². The average molecular weight is 364 g/mol. The Morgan fingerprint density at radius 1 is 1.24 bits per heavy atom. The van der Waals surface area contributed by atoms with Gasteiger partial charge in [-0.1, -0.05) is 23.7 Å². The van der Waals surface area contributed by atoms with Crippen LogP contribution in [-0.4, -0.2) is 52.0 Å². The third kappa shape index (κ3) is 4.34. The molecular formula is C18H19ClFN3O2. The van der Waals surface area contributed by atoms with Gasteiger partial charge in [0.25, 0.3) is 0 Å². The van der Waals surface area contributed by atoms with Crippen LogP contribution >= 0.6 is 11.6 Å². The molecule has 25 heavy (non-hydrogen) atoms. The summed E-state index contributed by atoms with van der Waals surface area (Å²) in [7, 11) is 0. The van der Waals surface area contributed by atoms with Crippen LogP contribution in [0, 0.1) is 5.82 Å². The van der Waals surface area contributed by atoms with Crippen molar-refractivity contribution in [2.24, 2.45) is 0 Å². The first-order chi connectivity index (χ1) is 12.0. The number of halogens is 2. The number of carboxylic acid groups (broad SMARTS) is 1. The van der Waals surface area contributed by atoms with Gasteiger partial charge in [-0.25, -0.2) is 4.39 Å². The summed E-state index contributed by atoms with van der Waals surface area (Å²) in [5.74, 6) is -1.58. The number of hydrogen-bond donors (Lipinski definition) is 1. The maximum absolute atomic E-state index is 13.7. The zero-order valence-corrected chi connectivity index (χ0v) is 14.4. The molecule has 1 atom stereocenters. The molecule has 1 aliphatic heterocycles. The van der Waals surface area contributed by atoms with Crippen LogP contribution < -0.4 is 0 Å². The summed E-state index contributed by atoms with van der Waals surface area (Å²) in [6.07, 6.45) is 1.77. The smallest absolute Gasteiger partial charge is 0.325 e. The molecule has 0 aliphatic carbocycles. The predicted molar refractivity (Wildman–Crippen MR) is 92.9 cm³/mol. The maximum Gasteiger partial charge on any atom is 0.325 e. The van der Waals surface area contributed by atoms with Gasteiger partial charge in [0.2, 0.25) is 0 Å². The lowest BCUT2D eigenvalue weighted by atomic mass is 10.0. The van der Waals surface area contributed by atoms with Gasteiger partial charge in [-0.15, -0.1) is 0 Å². The van der Waals surface area contributed by atoms with Crippen molar-refractivity contribution >= 4 is 17.6 Å². The summed E-state index contributed by atoms with van der Waals surface area (Å²) in [5.41, 5.74) is 1.40. The Kier molecular flexibility index (Phi) is 5.63. The van der Waals surface area contributed by atoms with E-state index in [9.17, 15) is 14.3 Å². The number of piperazine rings is 1. The normalized spacial score (nSPS) is 17.4. The van der Waals surface area contributed by atoms with E-state index >= 15 is 0 Å². The third-order valence-corrected chi connectivity index (χ3v) is 4.68. The lowest BCUT2D eigenvalue weighted by molar-refractivity contribution is -0.144. The molecule has 2 aromatic rings. The minimum Gasteiger partial charge on any atom is -0.480 e. The standard InChI is InChI=1S/C18H19ClFN3O2/c19-15-5-4-13(11-16(15)20)17(18(24)25)23-9-7-22(8-10-23)12-14-3-1-2-6-21-14/h1-6,11,17H,7-10,12H2,(H,24,25)/t17-/m0/s1. The SMILES string of the molecule is O=C(O)[C@H](c1ccc(Cl)c(F)c1)N1CCN(Cc2ccccn2)CC1. The van der Waals surface area contributed by atoms with Gasteiger partial charge < -0.3 is 5.11 Å². The highest BCUT2D eigenvalue weighted by atomic mass is 35.5. The first-order valence-corrected chi connectivity index (χ1v) is 8.46. The van der Waals surface area contributed by atoms with Crippen LogP contribution in [0.3, 0.4) is 0 Å². The Bertz CT molecular complexity index is 736. The van der Waals surface area contributed by atoms with Gasteiger partial charge in [-0.05, 0) is 29.8 Å². The van der Waals surface area contributed by atoms with Gasteiger partial charge in [0.1, 0.15) is 11.9 Å². The lowest BCUT2D eigenvalue weighted by Crippen LogP contribution is -2.48. The van der Waals surface area contributed by atoms with Crippen molar-refractivity contribution in [3.63, 3.8) is 0 Å². The lowest BCUT2D eigenvalue weighted by Gasteiger charge is -2.37. The highest BCUT2D eigenvalue weighted by molar-refractivity contribution is 6.30. The summed E-state index contributed by atoms with van der Waals surface area (Å²) in [6.45, 7) is 3.39. The van der Waals surface area contributed by atoms with Crippen molar-refractivity contribution in [2.75, 3.05) is 26.2 Å². The van der Waals surface area contributed by atoms with E-state index in [1.165, 1.54) is 12.1 Å². The molecule has 1 aromatic carbocycles. The number of rotatable bonds is 5. The Morgan fingerprint density at radius 2 is 2.00 bits per heavy atom. The van der Waals surface area contributed by atoms with Crippen molar-refractivity contribution < 1.29 is 14.3 Å². The molecule has 3 rings (SSSR count). The topological polar surface area (TPSA) is 56.7 Å². The van der Waals surface area contributed by atoms with E-state index in [2.05, 4.69) is 9.88 Å². The number of nitrogens with zero attached hydrogens (tertiary/aromatic N) is 3. The Hall–Kier alpha value is -2.02. The summed E-state index contributed by atoms with van der Waals surface area (Å²) < 4.78 is 13.7. The van der Waals surface area contributed by atoms with Crippen LogP contribution in [-0.2, 0) is 11.3 Å². The zero-order chi connectivity index (χ0) is 17.8. The second-order valence-electron chi connectivity index (χ2n) is 6.05. The van der Waals surface area contributed by atoms with Gasteiger partial charge in [0.15, 0.2) is 0 Å². The maximum atomic E-state index is 13.7. The van der Waals surface area contributed by atoms with Gasteiger partial charge in [0, 0.05) is 38.9 Å². The first kappa shape index (κ1) is 17.8. The van der Waals surface area contributed by atoms with Gasteiger partial charge >= 0.3 is 5.97 Å². The minimum atomic E-state index is -0.986. The molecule has 2 heterocycles. The van der Waals surface area contributed by atoms with Crippen LogP contribution in [0.25, 0.3) is 0 Å². The van der Waals surface area contributed by atoms with E-state index in [-0.39, 0.29) is 5.02 Å². The number of aromatic nitrogens is 1. The molecule has 0 spiro atoms. The second-order valence-corrected chi connectivity index (χ2v) is 6.45. The molecule has 1 saturated heterocycles. The Labute approximate surface area is 150 Å².